The molecule has 0 aliphatic heterocycles. The molecular formula is C27H32FN3O4S. The zero-order chi connectivity index (χ0) is 26.1. The van der Waals surface area contributed by atoms with Gasteiger partial charge >= 0.3 is 6.03 Å². The molecule has 0 atom stereocenters. The van der Waals surface area contributed by atoms with Gasteiger partial charge < -0.3 is 24.6 Å². The monoisotopic (exact) mass is 513 g/mol. The number of carbonyl (C=O) groups is 2. The first kappa shape index (κ1) is 27.0. The van der Waals surface area contributed by atoms with E-state index >= 15 is 0 Å². The quantitative estimate of drug-likeness (QED) is 0.372. The van der Waals surface area contributed by atoms with Gasteiger partial charge in [0.05, 0.1) is 26.5 Å². The van der Waals surface area contributed by atoms with Gasteiger partial charge in [-0.25, -0.2) is 9.18 Å². The maximum absolute atomic E-state index is 14.1. The number of thiophene rings is 1. The van der Waals surface area contributed by atoms with Gasteiger partial charge in [0, 0.05) is 17.5 Å². The lowest BCUT2D eigenvalue weighted by molar-refractivity contribution is -0.132. The normalized spacial score (nSPS) is 10.7. The molecule has 0 aliphatic carbocycles. The molecular weight excluding hydrogens is 481 g/mol. The Balaban J connectivity index is 1.74. The second kappa shape index (κ2) is 12.9. The summed E-state index contributed by atoms with van der Waals surface area (Å²) in [6.45, 7) is 4.40. The molecule has 3 rings (SSSR count). The molecule has 2 aromatic carbocycles. The van der Waals surface area contributed by atoms with Crippen LogP contribution in [0.3, 0.4) is 0 Å². The van der Waals surface area contributed by atoms with E-state index in [1.807, 2.05) is 49.6 Å². The van der Waals surface area contributed by atoms with Gasteiger partial charge in [0.1, 0.15) is 12.4 Å². The summed E-state index contributed by atoms with van der Waals surface area (Å²) in [6.07, 6.45) is 0.598. The van der Waals surface area contributed by atoms with Crippen molar-refractivity contribution < 1.29 is 23.5 Å². The summed E-state index contributed by atoms with van der Waals surface area (Å²) < 4.78 is 24.8. The maximum Gasteiger partial charge on any atom is 0.322 e. The fraction of sp³-hybridized carbons (Fsp3) is 0.333. The lowest BCUT2D eigenvalue weighted by Gasteiger charge is -2.30. The molecule has 0 spiro atoms. The first-order valence-electron chi connectivity index (χ1n) is 11.7. The van der Waals surface area contributed by atoms with Crippen LogP contribution in [0.1, 0.15) is 24.3 Å². The Morgan fingerprint density at radius 1 is 1.03 bits per heavy atom. The van der Waals surface area contributed by atoms with E-state index in [0.29, 0.717) is 31.0 Å². The van der Waals surface area contributed by atoms with E-state index in [1.165, 1.54) is 17.0 Å². The van der Waals surface area contributed by atoms with Crippen molar-refractivity contribution in [1.82, 2.24) is 9.80 Å². The third kappa shape index (κ3) is 7.21. The van der Waals surface area contributed by atoms with Crippen LogP contribution in [0.25, 0.3) is 0 Å². The zero-order valence-corrected chi connectivity index (χ0v) is 21.8. The average molecular weight is 514 g/mol. The van der Waals surface area contributed by atoms with Crippen molar-refractivity contribution in [1.29, 1.82) is 0 Å². The molecule has 192 valence electrons. The van der Waals surface area contributed by atoms with Gasteiger partial charge in [-0.05, 0) is 61.5 Å². The number of nitrogens with one attached hydrogen (secondary N) is 1. The standard InChI is InChI=1S/C27H32FN3O4S/c1-19(2)31(27(33)29-23-10-6-5-9-22(23)28)18-26(32)30(17-21-8-7-15-36-21)14-13-20-11-12-24(34-3)25(16-20)35-4/h5-12,15-16,19H,13-14,17-18H2,1-4H3,(H,29,33). The van der Waals surface area contributed by atoms with Crippen molar-refractivity contribution >= 4 is 29.0 Å². The van der Waals surface area contributed by atoms with Gasteiger partial charge in [-0.1, -0.05) is 24.3 Å². The second-order valence-corrected chi connectivity index (χ2v) is 9.50. The molecule has 0 radical (unpaired) electrons. The average Bonchev–Trinajstić information content (AvgIpc) is 3.39. The maximum atomic E-state index is 14.1. The lowest BCUT2D eigenvalue weighted by atomic mass is 10.1. The van der Waals surface area contributed by atoms with E-state index in [9.17, 15) is 14.0 Å². The van der Waals surface area contributed by atoms with Gasteiger partial charge in [0.2, 0.25) is 5.91 Å². The predicted octanol–water partition coefficient (Wildman–Crippen LogP) is 5.42. The molecule has 0 fully saturated rings. The van der Waals surface area contributed by atoms with Crippen LogP contribution in [-0.2, 0) is 17.8 Å². The van der Waals surface area contributed by atoms with Crippen LogP contribution >= 0.6 is 11.3 Å². The van der Waals surface area contributed by atoms with Crippen LogP contribution in [-0.4, -0.2) is 55.1 Å². The highest BCUT2D eigenvalue weighted by Gasteiger charge is 2.24. The molecule has 9 heteroatoms. The first-order valence-corrected chi connectivity index (χ1v) is 12.5. The molecule has 0 saturated carbocycles. The number of methoxy groups -OCH3 is 2. The van der Waals surface area contributed by atoms with Gasteiger partial charge in [-0.2, -0.15) is 0 Å². The Labute approximate surface area is 215 Å². The highest BCUT2D eigenvalue weighted by molar-refractivity contribution is 7.09. The number of nitrogens with zero attached hydrogens (tertiary/aromatic N) is 2. The summed E-state index contributed by atoms with van der Waals surface area (Å²) in [7, 11) is 3.17. The summed E-state index contributed by atoms with van der Waals surface area (Å²) in [5, 5.41) is 4.55. The van der Waals surface area contributed by atoms with Crippen LogP contribution in [0, 0.1) is 5.82 Å². The topological polar surface area (TPSA) is 71.1 Å². The van der Waals surface area contributed by atoms with Crippen LogP contribution in [0.4, 0.5) is 14.9 Å². The van der Waals surface area contributed by atoms with Crippen molar-refractivity contribution in [3.63, 3.8) is 0 Å². The van der Waals surface area contributed by atoms with Crippen LogP contribution in [0.5, 0.6) is 11.5 Å². The zero-order valence-electron chi connectivity index (χ0n) is 21.0. The highest BCUT2D eigenvalue weighted by Crippen LogP contribution is 2.28. The van der Waals surface area contributed by atoms with Crippen LogP contribution < -0.4 is 14.8 Å². The molecule has 0 aliphatic rings. The second-order valence-electron chi connectivity index (χ2n) is 8.47. The van der Waals surface area contributed by atoms with E-state index in [2.05, 4.69) is 5.32 Å². The van der Waals surface area contributed by atoms with Crippen molar-refractivity contribution in [3.8, 4) is 11.5 Å². The van der Waals surface area contributed by atoms with Crippen LogP contribution in [0.15, 0.2) is 60.0 Å². The van der Waals surface area contributed by atoms with E-state index in [-0.39, 0.29) is 24.2 Å². The van der Waals surface area contributed by atoms with E-state index in [4.69, 9.17) is 9.47 Å². The number of para-hydroxylation sites is 1. The summed E-state index contributed by atoms with van der Waals surface area (Å²) in [5.74, 6) is 0.541. The van der Waals surface area contributed by atoms with Crippen molar-refractivity contribution in [2.24, 2.45) is 0 Å². The number of hydrogen-bond acceptors (Lipinski definition) is 5. The van der Waals surface area contributed by atoms with Gasteiger partial charge in [0.25, 0.3) is 0 Å². The number of rotatable bonds is 11. The molecule has 1 N–H and O–H groups in total. The molecule has 1 aromatic heterocycles. The number of carbonyl (C=O) groups excluding carboxylic acids is 2. The summed E-state index contributed by atoms with van der Waals surface area (Å²) in [5.41, 5.74) is 1.07. The van der Waals surface area contributed by atoms with Gasteiger partial charge in [0.15, 0.2) is 11.5 Å². The minimum Gasteiger partial charge on any atom is -0.493 e. The predicted molar refractivity (Wildman–Crippen MR) is 140 cm³/mol. The Bertz CT molecular complexity index is 1150. The Morgan fingerprint density at radius 2 is 1.78 bits per heavy atom. The summed E-state index contributed by atoms with van der Waals surface area (Å²) >= 11 is 1.57. The molecule has 3 aromatic rings. The summed E-state index contributed by atoms with van der Waals surface area (Å²) in [6, 6.07) is 14.8. The minimum absolute atomic E-state index is 0.0736. The smallest absolute Gasteiger partial charge is 0.322 e. The number of halogens is 1. The lowest BCUT2D eigenvalue weighted by Crippen LogP contribution is -2.47. The number of amides is 3. The Hall–Kier alpha value is -3.59. The third-order valence-corrected chi connectivity index (χ3v) is 6.56. The molecule has 36 heavy (non-hydrogen) atoms. The fourth-order valence-electron chi connectivity index (χ4n) is 3.67. The number of hydrogen-bond donors (Lipinski definition) is 1. The Kier molecular flexibility index (Phi) is 9.69. The number of anilines is 1. The molecule has 1 heterocycles. The van der Waals surface area contributed by atoms with E-state index in [0.717, 1.165) is 10.4 Å². The van der Waals surface area contributed by atoms with Crippen molar-refractivity contribution in [2.45, 2.75) is 32.9 Å². The SMILES string of the molecule is COc1ccc(CCN(Cc2cccs2)C(=O)CN(C(=O)Nc2ccccc2F)C(C)C)cc1OC. The minimum atomic E-state index is -0.532. The number of ether oxygens (including phenoxy) is 2. The summed E-state index contributed by atoms with van der Waals surface area (Å²) in [4.78, 5) is 30.6. The van der Waals surface area contributed by atoms with Crippen molar-refractivity contribution in [2.75, 3.05) is 32.6 Å². The largest absolute Gasteiger partial charge is 0.493 e. The molecule has 3 amide bonds. The molecule has 0 saturated heterocycles. The van der Waals surface area contributed by atoms with Crippen molar-refractivity contribution in [3.05, 3.63) is 76.2 Å². The number of benzene rings is 2. The van der Waals surface area contributed by atoms with Gasteiger partial charge in [-0.3, -0.25) is 4.79 Å². The molecule has 0 unspecified atom stereocenters. The van der Waals surface area contributed by atoms with E-state index in [1.54, 1.807) is 42.6 Å². The molecule has 7 nitrogen and oxygen atoms in total. The number of urea groups is 1. The first-order chi connectivity index (χ1) is 17.3. The fourth-order valence-corrected chi connectivity index (χ4v) is 4.39. The van der Waals surface area contributed by atoms with Crippen LogP contribution in [0.2, 0.25) is 0 Å². The molecule has 0 bridgehead atoms. The van der Waals surface area contributed by atoms with E-state index < -0.39 is 11.8 Å². The third-order valence-electron chi connectivity index (χ3n) is 5.70. The van der Waals surface area contributed by atoms with Gasteiger partial charge in [-0.15, -0.1) is 11.3 Å². The highest BCUT2D eigenvalue weighted by atomic mass is 32.1. The Morgan fingerprint density at radius 3 is 2.42 bits per heavy atom.